The predicted molar refractivity (Wildman–Crippen MR) is 66.2 cm³/mol. The van der Waals surface area contributed by atoms with Gasteiger partial charge in [0.25, 0.3) is 0 Å². The van der Waals surface area contributed by atoms with E-state index in [1.807, 2.05) is 18.7 Å². The van der Waals surface area contributed by atoms with E-state index < -0.39 is 0 Å². The van der Waals surface area contributed by atoms with Gasteiger partial charge < -0.3 is 5.32 Å². The van der Waals surface area contributed by atoms with Crippen LogP contribution in [0.2, 0.25) is 0 Å². The van der Waals surface area contributed by atoms with Crippen molar-refractivity contribution in [1.82, 2.24) is 10.3 Å². The van der Waals surface area contributed by atoms with Gasteiger partial charge in [0.2, 0.25) is 0 Å². The summed E-state index contributed by atoms with van der Waals surface area (Å²) >= 11 is 3.62. The molecule has 0 aromatic carbocycles. The Hall–Kier alpha value is -0.0600. The van der Waals surface area contributed by atoms with Gasteiger partial charge in [-0.25, -0.2) is 4.98 Å². The molecule has 1 atom stereocenters. The van der Waals surface area contributed by atoms with Crippen LogP contribution in [-0.2, 0) is 6.54 Å². The predicted octanol–water partition coefficient (Wildman–Crippen LogP) is 2.68. The van der Waals surface area contributed by atoms with Gasteiger partial charge >= 0.3 is 0 Å². The van der Waals surface area contributed by atoms with Crippen LogP contribution < -0.4 is 5.32 Å². The Morgan fingerprint density at radius 1 is 1.64 bits per heavy atom. The minimum atomic E-state index is 0.587. The van der Waals surface area contributed by atoms with Gasteiger partial charge in [0.15, 0.2) is 0 Å². The Morgan fingerprint density at radius 2 is 2.43 bits per heavy atom. The smallest absolute Gasteiger partial charge is 0.0897 e. The van der Waals surface area contributed by atoms with Crippen LogP contribution in [0.4, 0.5) is 0 Å². The van der Waals surface area contributed by atoms with Crippen LogP contribution in [0.1, 0.15) is 24.0 Å². The summed E-state index contributed by atoms with van der Waals surface area (Å²) in [6, 6.07) is 0.587. The van der Waals surface area contributed by atoms with E-state index in [9.17, 15) is 0 Å². The molecular weight excluding hydrogens is 212 g/mol. The summed E-state index contributed by atoms with van der Waals surface area (Å²) in [4.78, 5) is 4.41. The minimum absolute atomic E-state index is 0.587. The van der Waals surface area contributed by atoms with Crippen LogP contribution in [-0.4, -0.2) is 23.0 Å². The molecule has 1 heterocycles. The SMILES string of the molecule is CSCCC(C)NCc1csc(C)n1. The third-order valence-corrected chi connectivity index (χ3v) is 3.52. The van der Waals surface area contributed by atoms with Crippen molar-refractivity contribution in [3.63, 3.8) is 0 Å². The maximum absolute atomic E-state index is 4.41. The molecule has 0 bridgehead atoms. The fourth-order valence-corrected chi connectivity index (χ4v) is 2.37. The molecule has 2 nitrogen and oxygen atoms in total. The zero-order valence-corrected chi connectivity index (χ0v) is 10.7. The number of aromatic nitrogens is 1. The zero-order chi connectivity index (χ0) is 10.4. The third-order valence-electron chi connectivity index (χ3n) is 2.05. The lowest BCUT2D eigenvalue weighted by molar-refractivity contribution is 0.533. The molecule has 0 radical (unpaired) electrons. The Morgan fingerprint density at radius 3 is 3.00 bits per heavy atom. The molecule has 1 N–H and O–H groups in total. The van der Waals surface area contributed by atoms with Crippen molar-refractivity contribution in [3.05, 3.63) is 16.1 Å². The Kier molecular flexibility index (Phi) is 5.52. The van der Waals surface area contributed by atoms with Gasteiger partial charge in [0.1, 0.15) is 0 Å². The van der Waals surface area contributed by atoms with E-state index in [0.29, 0.717) is 6.04 Å². The van der Waals surface area contributed by atoms with Crippen LogP contribution in [0.15, 0.2) is 5.38 Å². The molecule has 0 aliphatic carbocycles. The second-order valence-electron chi connectivity index (χ2n) is 3.42. The average molecular weight is 230 g/mol. The second-order valence-corrected chi connectivity index (χ2v) is 5.47. The van der Waals surface area contributed by atoms with Gasteiger partial charge in [0.05, 0.1) is 10.7 Å². The highest BCUT2D eigenvalue weighted by molar-refractivity contribution is 7.98. The molecule has 1 aromatic rings. The fourth-order valence-electron chi connectivity index (χ4n) is 1.16. The van der Waals surface area contributed by atoms with E-state index in [4.69, 9.17) is 0 Å². The van der Waals surface area contributed by atoms with Gasteiger partial charge in [0, 0.05) is 18.0 Å². The van der Waals surface area contributed by atoms with Crippen LogP contribution >= 0.6 is 23.1 Å². The van der Waals surface area contributed by atoms with E-state index in [0.717, 1.165) is 11.6 Å². The molecular formula is C10H18N2S2. The Labute approximate surface area is 94.5 Å². The number of aryl methyl sites for hydroxylation is 1. The van der Waals surface area contributed by atoms with Crippen molar-refractivity contribution < 1.29 is 0 Å². The number of thiazole rings is 1. The molecule has 0 aliphatic heterocycles. The van der Waals surface area contributed by atoms with E-state index in [-0.39, 0.29) is 0 Å². The zero-order valence-electron chi connectivity index (χ0n) is 9.04. The number of hydrogen-bond donors (Lipinski definition) is 1. The molecule has 1 rings (SSSR count). The van der Waals surface area contributed by atoms with E-state index in [1.54, 1.807) is 11.3 Å². The molecule has 0 spiro atoms. The quantitative estimate of drug-likeness (QED) is 0.813. The van der Waals surface area contributed by atoms with Crippen LogP contribution in [0, 0.1) is 6.92 Å². The fraction of sp³-hybridized carbons (Fsp3) is 0.700. The first-order valence-corrected chi connectivity index (χ1v) is 7.13. The van der Waals surface area contributed by atoms with E-state index in [2.05, 4.69) is 28.9 Å². The van der Waals surface area contributed by atoms with Gasteiger partial charge in [-0.2, -0.15) is 11.8 Å². The topological polar surface area (TPSA) is 24.9 Å². The van der Waals surface area contributed by atoms with Crippen molar-refractivity contribution >= 4 is 23.1 Å². The Bertz CT molecular complexity index is 260. The van der Waals surface area contributed by atoms with Gasteiger partial charge in [-0.3, -0.25) is 0 Å². The van der Waals surface area contributed by atoms with Crippen molar-refractivity contribution in [1.29, 1.82) is 0 Å². The number of nitrogens with zero attached hydrogens (tertiary/aromatic N) is 1. The summed E-state index contributed by atoms with van der Waals surface area (Å²) in [6.45, 7) is 5.18. The third kappa shape index (κ3) is 4.44. The van der Waals surface area contributed by atoms with Crippen LogP contribution in [0.5, 0.6) is 0 Å². The number of rotatable bonds is 6. The molecule has 4 heteroatoms. The van der Waals surface area contributed by atoms with Gasteiger partial charge in [-0.05, 0) is 32.3 Å². The minimum Gasteiger partial charge on any atom is -0.309 e. The first kappa shape index (κ1) is 12.0. The Balaban J connectivity index is 2.20. The molecule has 1 unspecified atom stereocenters. The largest absolute Gasteiger partial charge is 0.309 e. The second kappa shape index (κ2) is 6.43. The number of nitrogens with one attached hydrogen (secondary N) is 1. The summed E-state index contributed by atoms with van der Waals surface area (Å²) in [5, 5.41) is 6.76. The summed E-state index contributed by atoms with van der Waals surface area (Å²) in [6.07, 6.45) is 3.38. The number of hydrogen-bond acceptors (Lipinski definition) is 4. The van der Waals surface area contributed by atoms with E-state index in [1.165, 1.54) is 17.9 Å². The van der Waals surface area contributed by atoms with Crippen molar-refractivity contribution in [2.24, 2.45) is 0 Å². The highest BCUT2D eigenvalue weighted by atomic mass is 32.2. The summed E-state index contributed by atoms with van der Waals surface area (Å²) < 4.78 is 0. The van der Waals surface area contributed by atoms with E-state index >= 15 is 0 Å². The number of thioether (sulfide) groups is 1. The molecule has 80 valence electrons. The highest BCUT2D eigenvalue weighted by Crippen LogP contribution is 2.08. The van der Waals surface area contributed by atoms with Crippen LogP contribution in [0.3, 0.4) is 0 Å². The molecule has 0 aliphatic rings. The summed E-state index contributed by atoms with van der Waals surface area (Å²) in [7, 11) is 0. The summed E-state index contributed by atoms with van der Waals surface area (Å²) in [5.74, 6) is 1.23. The van der Waals surface area contributed by atoms with Crippen molar-refractivity contribution in [2.45, 2.75) is 32.9 Å². The molecule has 0 saturated carbocycles. The first-order chi connectivity index (χ1) is 6.72. The van der Waals surface area contributed by atoms with Crippen LogP contribution in [0.25, 0.3) is 0 Å². The molecule has 1 aromatic heterocycles. The standard InChI is InChI=1S/C10H18N2S2/c1-8(4-5-13-3)11-6-10-7-14-9(2)12-10/h7-8,11H,4-6H2,1-3H3. The van der Waals surface area contributed by atoms with Gasteiger partial charge in [-0.15, -0.1) is 11.3 Å². The molecule has 0 fully saturated rings. The maximum Gasteiger partial charge on any atom is 0.0897 e. The molecule has 14 heavy (non-hydrogen) atoms. The molecule has 0 amide bonds. The maximum atomic E-state index is 4.41. The lowest BCUT2D eigenvalue weighted by Gasteiger charge is -2.11. The molecule has 0 saturated heterocycles. The lowest BCUT2D eigenvalue weighted by atomic mass is 10.2. The first-order valence-electron chi connectivity index (χ1n) is 4.85. The lowest BCUT2D eigenvalue weighted by Crippen LogP contribution is -2.26. The van der Waals surface area contributed by atoms with Crippen molar-refractivity contribution in [3.8, 4) is 0 Å². The van der Waals surface area contributed by atoms with Crippen molar-refractivity contribution in [2.75, 3.05) is 12.0 Å². The monoisotopic (exact) mass is 230 g/mol. The normalized spacial score (nSPS) is 13.1. The highest BCUT2D eigenvalue weighted by Gasteiger charge is 2.02. The van der Waals surface area contributed by atoms with Gasteiger partial charge in [-0.1, -0.05) is 0 Å². The summed E-state index contributed by atoms with van der Waals surface area (Å²) in [5.41, 5.74) is 1.17. The average Bonchev–Trinajstić information content (AvgIpc) is 2.58.